The number of nitrogens with one attached hydrogen (secondary N) is 2. The fourth-order valence-electron chi connectivity index (χ4n) is 5.39. The second-order valence-electron chi connectivity index (χ2n) is 9.87. The molecule has 0 spiro atoms. The van der Waals surface area contributed by atoms with Crippen molar-refractivity contribution in [3.8, 4) is 0 Å². The summed E-state index contributed by atoms with van der Waals surface area (Å²) in [5.74, 6) is 0.667. The summed E-state index contributed by atoms with van der Waals surface area (Å²) >= 11 is 0. The molecule has 5 heteroatoms. The minimum absolute atomic E-state index is 0.0270. The van der Waals surface area contributed by atoms with E-state index in [4.69, 9.17) is 0 Å². The number of likely N-dealkylation sites (tertiary alicyclic amines) is 1. The Balaban J connectivity index is 1.38. The number of carbonyl (C=O) groups is 2. The van der Waals surface area contributed by atoms with E-state index in [2.05, 4.69) is 34.9 Å². The molecule has 1 saturated heterocycles. The Morgan fingerprint density at radius 1 is 0.853 bits per heavy atom. The predicted molar refractivity (Wildman–Crippen MR) is 136 cm³/mol. The highest BCUT2D eigenvalue weighted by atomic mass is 16.2. The van der Waals surface area contributed by atoms with Crippen LogP contribution in [0.25, 0.3) is 0 Å². The van der Waals surface area contributed by atoms with Gasteiger partial charge in [-0.05, 0) is 62.1 Å². The predicted octanol–water partition coefficient (Wildman–Crippen LogP) is 4.12. The number of benzene rings is 2. The van der Waals surface area contributed by atoms with Crippen molar-refractivity contribution in [2.45, 2.75) is 69.9 Å². The maximum absolute atomic E-state index is 13.7. The zero-order chi connectivity index (χ0) is 23.6. The van der Waals surface area contributed by atoms with Crippen molar-refractivity contribution >= 4 is 11.8 Å². The summed E-state index contributed by atoms with van der Waals surface area (Å²) in [6, 6.07) is 19.8. The van der Waals surface area contributed by atoms with Gasteiger partial charge in [-0.3, -0.25) is 9.59 Å². The van der Waals surface area contributed by atoms with Crippen molar-refractivity contribution in [1.82, 2.24) is 15.5 Å². The lowest BCUT2D eigenvalue weighted by Gasteiger charge is -2.30. The second kappa shape index (κ2) is 12.7. The lowest BCUT2D eigenvalue weighted by Crippen LogP contribution is -2.53. The third-order valence-corrected chi connectivity index (χ3v) is 7.36. The molecule has 0 aromatic heterocycles. The van der Waals surface area contributed by atoms with E-state index in [-0.39, 0.29) is 23.9 Å². The number of rotatable bonds is 10. The minimum atomic E-state index is -0.342. The zero-order valence-electron chi connectivity index (χ0n) is 20.3. The first-order chi connectivity index (χ1) is 16.7. The highest BCUT2D eigenvalue weighted by molar-refractivity contribution is 5.90. The molecule has 4 rings (SSSR count). The van der Waals surface area contributed by atoms with Gasteiger partial charge < -0.3 is 15.5 Å². The molecule has 34 heavy (non-hydrogen) atoms. The Kier molecular flexibility index (Phi) is 9.14. The summed E-state index contributed by atoms with van der Waals surface area (Å²) in [5.41, 5.74) is 2.38. The first-order valence-corrected chi connectivity index (χ1v) is 13.1. The molecule has 1 aliphatic carbocycles. The molecule has 2 fully saturated rings. The lowest BCUT2D eigenvalue weighted by atomic mass is 9.89. The van der Waals surface area contributed by atoms with E-state index in [0.717, 1.165) is 37.9 Å². The van der Waals surface area contributed by atoms with Crippen LogP contribution in [-0.2, 0) is 22.4 Å². The molecule has 2 aliphatic rings. The molecule has 2 aromatic carbocycles. The molecule has 1 saturated carbocycles. The van der Waals surface area contributed by atoms with Gasteiger partial charge in [-0.15, -0.1) is 0 Å². The fraction of sp³-hybridized carbons (Fsp3) is 0.517. The van der Waals surface area contributed by atoms with Gasteiger partial charge >= 0.3 is 0 Å². The van der Waals surface area contributed by atoms with Crippen LogP contribution in [0, 0.1) is 5.92 Å². The molecule has 5 nitrogen and oxygen atoms in total. The number of amides is 2. The Morgan fingerprint density at radius 3 is 2.24 bits per heavy atom. The maximum atomic E-state index is 13.7. The van der Waals surface area contributed by atoms with Crippen LogP contribution in [0.1, 0.15) is 56.1 Å². The average Bonchev–Trinajstić information content (AvgIpc) is 3.38. The quantitative estimate of drug-likeness (QED) is 0.560. The number of hydrogen-bond donors (Lipinski definition) is 2. The molecular formula is C29H39N3O2. The summed E-state index contributed by atoms with van der Waals surface area (Å²) in [5, 5.41) is 6.69. The Hall–Kier alpha value is -2.66. The van der Waals surface area contributed by atoms with E-state index in [0.29, 0.717) is 18.9 Å². The van der Waals surface area contributed by atoms with Gasteiger partial charge in [0.1, 0.15) is 6.04 Å². The molecule has 1 heterocycles. The molecule has 0 bridgehead atoms. The molecule has 2 aromatic rings. The maximum Gasteiger partial charge on any atom is 0.242 e. The third kappa shape index (κ3) is 6.92. The van der Waals surface area contributed by atoms with Crippen molar-refractivity contribution in [3.05, 3.63) is 71.8 Å². The van der Waals surface area contributed by atoms with Crippen LogP contribution >= 0.6 is 0 Å². The van der Waals surface area contributed by atoms with Gasteiger partial charge in [-0.25, -0.2) is 0 Å². The Labute approximate surface area is 204 Å². The van der Waals surface area contributed by atoms with Crippen LogP contribution in [0.4, 0.5) is 0 Å². The molecule has 0 radical (unpaired) electrons. The van der Waals surface area contributed by atoms with E-state index in [1.165, 1.54) is 37.7 Å². The molecular weight excluding hydrogens is 422 g/mol. The van der Waals surface area contributed by atoms with Crippen molar-refractivity contribution in [1.29, 1.82) is 0 Å². The molecule has 2 atom stereocenters. The highest BCUT2D eigenvalue weighted by Gasteiger charge is 2.37. The van der Waals surface area contributed by atoms with Gasteiger partial charge in [-0.1, -0.05) is 79.9 Å². The lowest BCUT2D eigenvalue weighted by molar-refractivity contribution is -0.140. The van der Waals surface area contributed by atoms with E-state index in [1.807, 2.05) is 41.3 Å². The highest BCUT2D eigenvalue weighted by Crippen LogP contribution is 2.24. The summed E-state index contributed by atoms with van der Waals surface area (Å²) in [6.07, 6.45) is 9.39. The van der Waals surface area contributed by atoms with Crippen LogP contribution in [-0.4, -0.2) is 48.4 Å². The van der Waals surface area contributed by atoms with E-state index >= 15 is 0 Å². The topological polar surface area (TPSA) is 61.4 Å². The van der Waals surface area contributed by atoms with Gasteiger partial charge in [-0.2, -0.15) is 0 Å². The van der Waals surface area contributed by atoms with Crippen LogP contribution in [0.2, 0.25) is 0 Å². The summed E-state index contributed by atoms with van der Waals surface area (Å²) in [7, 11) is 0. The smallest absolute Gasteiger partial charge is 0.242 e. The van der Waals surface area contributed by atoms with E-state index in [9.17, 15) is 9.59 Å². The van der Waals surface area contributed by atoms with Crippen molar-refractivity contribution < 1.29 is 9.59 Å². The van der Waals surface area contributed by atoms with Gasteiger partial charge in [0, 0.05) is 13.1 Å². The standard InChI is InChI=1S/C29H39N3O2/c33-28(31-22-25-15-8-3-9-16-25)27-17-10-20-32(27)29(34)26(21-24-13-6-2-7-14-24)30-19-18-23-11-4-1-5-12-23/h1-2,4-7,11-14,25-27,30H,3,8-10,15-22H2,(H,31,33). The normalized spacial score (nSPS) is 19.6. The number of hydrogen-bond acceptors (Lipinski definition) is 3. The SMILES string of the molecule is O=C(NCC1CCCCC1)C1CCCN1C(=O)C(Cc1ccccc1)NCCc1ccccc1. The van der Waals surface area contributed by atoms with Crippen LogP contribution in [0.3, 0.4) is 0 Å². The average molecular weight is 462 g/mol. The fourth-order valence-corrected chi connectivity index (χ4v) is 5.39. The monoisotopic (exact) mass is 461 g/mol. The van der Waals surface area contributed by atoms with Gasteiger partial charge in [0.25, 0.3) is 0 Å². The molecule has 182 valence electrons. The summed E-state index contributed by atoms with van der Waals surface area (Å²) in [4.78, 5) is 28.6. The van der Waals surface area contributed by atoms with Crippen LogP contribution in [0.15, 0.2) is 60.7 Å². The number of carbonyl (C=O) groups excluding carboxylic acids is 2. The minimum Gasteiger partial charge on any atom is -0.354 e. The molecule has 2 N–H and O–H groups in total. The largest absolute Gasteiger partial charge is 0.354 e. The Morgan fingerprint density at radius 2 is 1.53 bits per heavy atom. The van der Waals surface area contributed by atoms with Crippen molar-refractivity contribution in [2.24, 2.45) is 5.92 Å². The van der Waals surface area contributed by atoms with Crippen LogP contribution in [0.5, 0.6) is 0 Å². The van der Waals surface area contributed by atoms with Gasteiger partial charge in [0.2, 0.25) is 11.8 Å². The molecule has 2 unspecified atom stereocenters. The van der Waals surface area contributed by atoms with Crippen molar-refractivity contribution in [3.63, 3.8) is 0 Å². The van der Waals surface area contributed by atoms with E-state index < -0.39 is 0 Å². The van der Waals surface area contributed by atoms with Gasteiger partial charge in [0.15, 0.2) is 0 Å². The van der Waals surface area contributed by atoms with E-state index in [1.54, 1.807) is 0 Å². The number of nitrogens with zero attached hydrogens (tertiary/aromatic N) is 1. The Bertz CT molecular complexity index is 896. The zero-order valence-corrected chi connectivity index (χ0v) is 20.3. The summed E-state index contributed by atoms with van der Waals surface area (Å²) in [6.45, 7) is 2.13. The van der Waals surface area contributed by atoms with Crippen molar-refractivity contribution in [2.75, 3.05) is 19.6 Å². The van der Waals surface area contributed by atoms with Crippen LogP contribution < -0.4 is 10.6 Å². The first-order valence-electron chi connectivity index (χ1n) is 13.1. The third-order valence-electron chi connectivity index (χ3n) is 7.36. The molecule has 2 amide bonds. The second-order valence-corrected chi connectivity index (χ2v) is 9.87. The summed E-state index contributed by atoms with van der Waals surface area (Å²) < 4.78 is 0. The van der Waals surface area contributed by atoms with Gasteiger partial charge in [0.05, 0.1) is 6.04 Å². The molecule has 1 aliphatic heterocycles. The first kappa shape index (κ1) is 24.5.